The molecule has 1 amide bonds. The van der Waals surface area contributed by atoms with Crippen molar-refractivity contribution in [1.82, 2.24) is 14.5 Å². The lowest BCUT2D eigenvalue weighted by Gasteiger charge is -2.15. The minimum Gasteiger partial charge on any atom is -0.495 e. The Hall–Kier alpha value is -2.88. The first kappa shape index (κ1) is 20.4. The Morgan fingerprint density at radius 1 is 1.30 bits per heavy atom. The van der Waals surface area contributed by atoms with Crippen LogP contribution < -0.4 is 15.6 Å². The van der Waals surface area contributed by atoms with Gasteiger partial charge in [0.2, 0.25) is 5.91 Å². The van der Waals surface area contributed by atoms with Gasteiger partial charge in [-0.1, -0.05) is 35.5 Å². The molecule has 2 aromatic carbocycles. The Morgan fingerprint density at radius 2 is 2.13 bits per heavy atom. The van der Waals surface area contributed by atoms with Crippen molar-refractivity contribution < 1.29 is 9.53 Å². The fourth-order valence-corrected chi connectivity index (χ4v) is 4.35. The number of hydrogen-bond donors (Lipinski definition) is 1. The maximum absolute atomic E-state index is 13.3. The normalized spacial score (nSPS) is 10.9. The molecule has 0 spiro atoms. The zero-order valence-corrected chi connectivity index (χ0v) is 18.1. The zero-order chi connectivity index (χ0) is 21.1. The van der Waals surface area contributed by atoms with Crippen molar-refractivity contribution in [2.45, 2.75) is 5.16 Å². The molecule has 0 aliphatic carbocycles. The highest BCUT2D eigenvalue weighted by Crippen LogP contribution is 2.28. The maximum atomic E-state index is 13.3. The number of rotatable bonds is 6. The largest absolute Gasteiger partial charge is 0.495 e. The van der Waals surface area contributed by atoms with E-state index in [0.717, 1.165) is 11.8 Å². The summed E-state index contributed by atoms with van der Waals surface area (Å²) in [6.07, 6.45) is 1.61. The summed E-state index contributed by atoms with van der Waals surface area (Å²) in [4.78, 5) is 34.3. The molecular weight excluding hydrogens is 444 g/mol. The lowest BCUT2D eigenvalue weighted by atomic mass is 10.2. The Kier molecular flexibility index (Phi) is 6.03. The molecule has 2 aromatic heterocycles. The highest BCUT2D eigenvalue weighted by Gasteiger charge is 2.18. The maximum Gasteiger partial charge on any atom is 0.266 e. The van der Waals surface area contributed by atoms with E-state index in [9.17, 15) is 9.59 Å². The standard InChI is InChI=1S/C20H15ClN4O3S2/c1-28-16-5-3-2-4-15(16)25-18(27)13-7-6-12(21)10-14(13)23-20(25)30-11-17(26)24-19-22-8-9-29-19/h2-10H,11H2,1H3,(H,22,24,26). The van der Waals surface area contributed by atoms with Gasteiger partial charge in [0.15, 0.2) is 10.3 Å². The molecule has 7 nitrogen and oxygen atoms in total. The Morgan fingerprint density at radius 3 is 2.90 bits per heavy atom. The minimum atomic E-state index is -0.274. The molecule has 0 bridgehead atoms. The molecule has 0 saturated heterocycles. The zero-order valence-electron chi connectivity index (χ0n) is 15.7. The highest BCUT2D eigenvalue weighted by molar-refractivity contribution is 7.99. The molecule has 1 N–H and O–H groups in total. The summed E-state index contributed by atoms with van der Waals surface area (Å²) in [5.74, 6) is 0.318. The van der Waals surface area contributed by atoms with Crippen molar-refractivity contribution >= 4 is 56.6 Å². The number of hydrogen-bond acceptors (Lipinski definition) is 7. The number of carbonyl (C=O) groups excluding carboxylic acids is 1. The minimum absolute atomic E-state index is 0.0489. The second kappa shape index (κ2) is 8.86. The summed E-state index contributed by atoms with van der Waals surface area (Å²) < 4.78 is 6.89. The van der Waals surface area contributed by atoms with E-state index in [1.165, 1.54) is 23.0 Å². The molecule has 0 aliphatic heterocycles. The number of nitrogens with one attached hydrogen (secondary N) is 1. The Balaban J connectivity index is 1.78. The predicted octanol–water partition coefficient (Wildman–Crippen LogP) is 4.24. The lowest BCUT2D eigenvalue weighted by Crippen LogP contribution is -2.23. The van der Waals surface area contributed by atoms with Crippen LogP contribution in [0.4, 0.5) is 5.13 Å². The van der Waals surface area contributed by atoms with Crippen molar-refractivity contribution in [3.05, 3.63) is 69.4 Å². The van der Waals surface area contributed by atoms with Gasteiger partial charge in [-0.15, -0.1) is 11.3 Å². The van der Waals surface area contributed by atoms with Crippen LogP contribution in [0.5, 0.6) is 5.75 Å². The van der Waals surface area contributed by atoms with Crippen molar-refractivity contribution in [3.63, 3.8) is 0 Å². The van der Waals surface area contributed by atoms with Gasteiger partial charge in [0.25, 0.3) is 5.56 Å². The van der Waals surface area contributed by atoms with E-state index in [4.69, 9.17) is 16.3 Å². The molecule has 0 saturated carbocycles. The number of para-hydroxylation sites is 2. The number of aromatic nitrogens is 3. The average Bonchev–Trinajstić information content (AvgIpc) is 3.25. The lowest BCUT2D eigenvalue weighted by molar-refractivity contribution is -0.113. The van der Waals surface area contributed by atoms with E-state index < -0.39 is 0 Å². The number of carbonyl (C=O) groups is 1. The van der Waals surface area contributed by atoms with Crippen molar-refractivity contribution in [1.29, 1.82) is 0 Å². The molecule has 152 valence electrons. The molecule has 0 unspecified atom stereocenters. The van der Waals surface area contributed by atoms with Gasteiger partial charge in [0.05, 0.1) is 29.5 Å². The van der Waals surface area contributed by atoms with Crippen molar-refractivity contribution in [2.24, 2.45) is 0 Å². The van der Waals surface area contributed by atoms with E-state index in [2.05, 4.69) is 15.3 Å². The van der Waals surface area contributed by atoms with Gasteiger partial charge in [-0.25, -0.2) is 9.97 Å². The smallest absolute Gasteiger partial charge is 0.266 e. The highest BCUT2D eigenvalue weighted by atomic mass is 35.5. The third-order valence-electron chi connectivity index (χ3n) is 4.14. The number of benzene rings is 2. The summed E-state index contributed by atoms with van der Waals surface area (Å²) in [6, 6.07) is 12.1. The first-order valence-corrected chi connectivity index (χ1v) is 11.0. The van der Waals surface area contributed by atoms with Gasteiger partial charge in [-0.05, 0) is 30.3 Å². The van der Waals surface area contributed by atoms with Gasteiger partial charge in [-0.3, -0.25) is 14.2 Å². The van der Waals surface area contributed by atoms with Crippen LogP contribution in [0.3, 0.4) is 0 Å². The monoisotopic (exact) mass is 458 g/mol. The van der Waals surface area contributed by atoms with Crippen LogP contribution in [0.1, 0.15) is 0 Å². The molecule has 0 radical (unpaired) electrons. The summed E-state index contributed by atoms with van der Waals surface area (Å²) in [5, 5.41) is 6.26. The van der Waals surface area contributed by atoms with E-state index in [-0.39, 0.29) is 17.2 Å². The number of anilines is 1. The molecule has 4 rings (SSSR count). The first-order chi connectivity index (χ1) is 14.6. The fraction of sp³-hybridized carbons (Fsp3) is 0.100. The van der Waals surface area contributed by atoms with E-state index in [1.807, 2.05) is 6.07 Å². The quantitative estimate of drug-likeness (QED) is 0.343. The van der Waals surface area contributed by atoms with Crippen LogP contribution in [0.15, 0.2) is 64.0 Å². The van der Waals surface area contributed by atoms with E-state index >= 15 is 0 Å². The van der Waals surface area contributed by atoms with E-state index in [1.54, 1.807) is 48.0 Å². The molecule has 0 atom stereocenters. The van der Waals surface area contributed by atoms with Crippen LogP contribution in [0.25, 0.3) is 16.6 Å². The van der Waals surface area contributed by atoms with Crippen molar-refractivity contribution in [2.75, 3.05) is 18.2 Å². The van der Waals surface area contributed by atoms with E-state index in [0.29, 0.717) is 37.7 Å². The van der Waals surface area contributed by atoms with Gasteiger partial charge in [0.1, 0.15) is 5.75 Å². The average molecular weight is 459 g/mol. The third kappa shape index (κ3) is 4.18. The van der Waals surface area contributed by atoms with Crippen LogP contribution in [-0.4, -0.2) is 33.3 Å². The summed E-state index contributed by atoms with van der Waals surface area (Å²) in [7, 11) is 1.53. The van der Waals surface area contributed by atoms with Crippen LogP contribution in [-0.2, 0) is 4.79 Å². The Labute approximate surface area is 184 Å². The molecule has 10 heteroatoms. The Bertz CT molecular complexity index is 1280. The van der Waals surface area contributed by atoms with Gasteiger partial charge >= 0.3 is 0 Å². The van der Waals surface area contributed by atoms with Crippen LogP contribution >= 0.6 is 34.7 Å². The summed E-state index contributed by atoms with van der Waals surface area (Å²) in [5.41, 5.74) is 0.725. The van der Waals surface area contributed by atoms with Gasteiger partial charge < -0.3 is 10.1 Å². The number of amides is 1. The number of nitrogens with zero attached hydrogens (tertiary/aromatic N) is 3. The van der Waals surface area contributed by atoms with Gasteiger partial charge in [-0.2, -0.15) is 0 Å². The van der Waals surface area contributed by atoms with Crippen LogP contribution in [0, 0.1) is 0 Å². The SMILES string of the molecule is COc1ccccc1-n1c(SCC(=O)Nc2nccs2)nc2cc(Cl)ccc2c1=O. The molecule has 0 fully saturated rings. The predicted molar refractivity (Wildman–Crippen MR) is 120 cm³/mol. The first-order valence-electron chi connectivity index (χ1n) is 8.74. The third-order valence-corrected chi connectivity index (χ3v) is 6.00. The molecule has 2 heterocycles. The van der Waals surface area contributed by atoms with Crippen LogP contribution in [0.2, 0.25) is 5.02 Å². The number of thiazole rings is 1. The number of halogens is 1. The second-order valence-corrected chi connectivity index (χ2v) is 8.32. The number of thioether (sulfide) groups is 1. The molecule has 30 heavy (non-hydrogen) atoms. The molecule has 4 aromatic rings. The second-order valence-electron chi connectivity index (χ2n) is 6.04. The topological polar surface area (TPSA) is 86.1 Å². The molecular formula is C20H15ClN4O3S2. The molecule has 0 aliphatic rings. The number of ether oxygens (including phenoxy) is 1. The number of fused-ring (bicyclic) bond motifs is 1. The van der Waals surface area contributed by atoms with Crippen molar-refractivity contribution in [3.8, 4) is 11.4 Å². The fourth-order valence-electron chi connectivity index (χ4n) is 2.83. The summed E-state index contributed by atoms with van der Waals surface area (Å²) >= 11 is 8.56. The summed E-state index contributed by atoms with van der Waals surface area (Å²) in [6.45, 7) is 0. The van der Waals surface area contributed by atoms with Gasteiger partial charge in [0, 0.05) is 16.6 Å². The number of methoxy groups -OCH3 is 1.